The first-order valence-corrected chi connectivity index (χ1v) is 5.40. The number of carbonyl (C=O) groups excluding carboxylic acids is 2. The van der Waals surface area contributed by atoms with E-state index in [1.807, 2.05) is 31.2 Å². The first-order chi connectivity index (χ1) is 7.67. The standard InChI is InChI=1S/C13H17NO2/c1-10-3-5-11(6-4-10)12(9-15)7-8-13(16)14-2/h3-6,9,12H,7-8H2,1-2H3,(H,14,16). The van der Waals surface area contributed by atoms with Gasteiger partial charge in [-0.25, -0.2) is 0 Å². The summed E-state index contributed by atoms with van der Waals surface area (Å²) in [5.74, 6) is -0.211. The summed E-state index contributed by atoms with van der Waals surface area (Å²) >= 11 is 0. The molecule has 0 radical (unpaired) electrons. The lowest BCUT2D eigenvalue weighted by molar-refractivity contribution is -0.120. The molecule has 0 aliphatic rings. The smallest absolute Gasteiger partial charge is 0.219 e. The van der Waals surface area contributed by atoms with Crippen molar-refractivity contribution in [3.63, 3.8) is 0 Å². The molecule has 0 spiro atoms. The number of hydrogen-bond acceptors (Lipinski definition) is 2. The van der Waals surface area contributed by atoms with Crippen LogP contribution >= 0.6 is 0 Å². The predicted molar refractivity (Wildman–Crippen MR) is 63.3 cm³/mol. The summed E-state index contributed by atoms with van der Waals surface area (Å²) in [6, 6.07) is 7.84. The van der Waals surface area contributed by atoms with Crippen molar-refractivity contribution in [1.82, 2.24) is 5.32 Å². The van der Waals surface area contributed by atoms with Crippen LogP contribution < -0.4 is 5.32 Å². The third-order valence-corrected chi connectivity index (χ3v) is 2.63. The topological polar surface area (TPSA) is 46.2 Å². The van der Waals surface area contributed by atoms with Crippen molar-refractivity contribution in [3.8, 4) is 0 Å². The molecule has 16 heavy (non-hydrogen) atoms. The summed E-state index contributed by atoms with van der Waals surface area (Å²) in [7, 11) is 1.60. The Hall–Kier alpha value is -1.64. The summed E-state index contributed by atoms with van der Waals surface area (Å²) < 4.78 is 0. The Labute approximate surface area is 95.9 Å². The van der Waals surface area contributed by atoms with Gasteiger partial charge < -0.3 is 10.1 Å². The van der Waals surface area contributed by atoms with Gasteiger partial charge in [0.05, 0.1) is 0 Å². The number of rotatable bonds is 5. The molecule has 3 nitrogen and oxygen atoms in total. The maximum Gasteiger partial charge on any atom is 0.219 e. The Morgan fingerprint density at radius 2 is 2.00 bits per heavy atom. The van der Waals surface area contributed by atoms with Crippen LogP contribution in [0.2, 0.25) is 0 Å². The normalized spacial score (nSPS) is 11.9. The van der Waals surface area contributed by atoms with Crippen LogP contribution in [0.4, 0.5) is 0 Å². The molecule has 1 amide bonds. The Bertz CT molecular complexity index is 357. The molecule has 3 heteroatoms. The highest BCUT2D eigenvalue weighted by Gasteiger charge is 2.11. The number of nitrogens with one attached hydrogen (secondary N) is 1. The molecule has 0 bridgehead atoms. The van der Waals surface area contributed by atoms with Crippen LogP contribution in [-0.2, 0) is 9.59 Å². The Balaban J connectivity index is 2.64. The molecule has 0 aliphatic heterocycles. The number of amides is 1. The van der Waals surface area contributed by atoms with E-state index in [9.17, 15) is 9.59 Å². The van der Waals surface area contributed by atoms with Crippen molar-refractivity contribution in [1.29, 1.82) is 0 Å². The quantitative estimate of drug-likeness (QED) is 0.768. The average Bonchev–Trinajstić information content (AvgIpc) is 2.31. The number of carbonyl (C=O) groups is 2. The second kappa shape index (κ2) is 6.05. The van der Waals surface area contributed by atoms with E-state index in [1.54, 1.807) is 7.05 Å². The van der Waals surface area contributed by atoms with Gasteiger partial charge in [0.15, 0.2) is 0 Å². The number of aryl methyl sites for hydroxylation is 1. The highest BCUT2D eigenvalue weighted by molar-refractivity contribution is 5.76. The average molecular weight is 219 g/mol. The zero-order chi connectivity index (χ0) is 12.0. The molecule has 1 atom stereocenters. The molecule has 0 aliphatic carbocycles. The first-order valence-electron chi connectivity index (χ1n) is 5.40. The molecule has 0 heterocycles. The van der Waals surface area contributed by atoms with E-state index in [2.05, 4.69) is 5.32 Å². The summed E-state index contributed by atoms with van der Waals surface area (Å²) in [5, 5.41) is 2.55. The molecule has 86 valence electrons. The molecule has 1 aromatic rings. The van der Waals surface area contributed by atoms with Crippen LogP contribution in [0.5, 0.6) is 0 Å². The van der Waals surface area contributed by atoms with E-state index >= 15 is 0 Å². The van der Waals surface area contributed by atoms with Gasteiger partial charge in [-0.05, 0) is 18.9 Å². The van der Waals surface area contributed by atoms with E-state index in [-0.39, 0.29) is 11.8 Å². The molecule has 0 fully saturated rings. The Kier molecular flexibility index (Phi) is 4.70. The first kappa shape index (κ1) is 12.4. The van der Waals surface area contributed by atoms with Crippen LogP contribution in [0.3, 0.4) is 0 Å². The highest BCUT2D eigenvalue weighted by Crippen LogP contribution is 2.19. The van der Waals surface area contributed by atoms with Gasteiger partial charge in [-0.1, -0.05) is 29.8 Å². The molecular formula is C13H17NO2. The largest absolute Gasteiger partial charge is 0.359 e. The molecule has 1 rings (SSSR count). The van der Waals surface area contributed by atoms with Gasteiger partial charge in [-0.2, -0.15) is 0 Å². The van der Waals surface area contributed by atoms with Crippen LogP contribution in [-0.4, -0.2) is 19.2 Å². The lowest BCUT2D eigenvalue weighted by Crippen LogP contribution is -2.18. The second-order valence-corrected chi connectivity index (χ2v) is 3.87. The fraction of sp³-hybridized carbons (Fsp3) is 0.385. The van der Waals surface area contributed by atoms with E-state index in [0.717, 1.165) is 11.8 Å². The van der Waals surface area contributed by atoms with Gasteiger partial charge in [0.1, 0.15) is 6.29 Å². The third-order valence-electron chi connectivity index (χ3n) is 2.63. The van der Waals surface area contributed by atoms with Crippen molar-refractivity contribution in [2.24, 2.45) is 0 Å². The van der Waals surface area contributed by atoms with Gasteiger partial charge in [-0.15, -0.1) is 0 Å². The summed E-state index contributed by atoms with van der Waals surface area (Å²) in [6.45, 7) is 2.00. The van der Waals surface area contributed by atoms with Crippen molar-refractivity contribution < 1.29 is 9.59 Å². The van der Waals surface area contributed by atoms with Gasteiger partial charge >= 0.3 is 0 Å². The highest BCUT2D eigenvalue weighted by atomic mass is 16.1. The minimum Gasteiger partial charge on any atom is -0.359 e. The maximum absolute atomic E-state index is 11.1. The molecule has 0 saturated heterocycles. The minimum atomic E-state index is -0.183. The molecule has 1 N–H and O–H groups in total. The van der Waals surface area contributed by atoms with E-state index in [1.165, 1.54) is 5.56 Å². The molecule has 0 aromatic heterocycles. The number of aldehydes is 1. The number of benzene rings is 1. The lowest BCUT2D eigenvalue weighted by atomic mass is 9.95. The van der Waals surface area contributed by atoms with E-state index < -0.39 is 0 Å². The SMILES string of the molecule is CNC(=O)CCC(C=O)c1ccc(C)cc1. The summed E-state index contributed by atoms with van der Waals surface area (Å²) in [4.78, 5) is 22.1. The summed E-state index contributed by atoms with van der Waals surface area (Å²) in [6.07, 6.45) is 1.85. The van der Waals surface area contributed by atoms with E-state index in [4.69, 9.17) is 0 Å². The fourth-order valence-corrected chi connectivity index (χ4v) is 1.54. The molecule has 0 saturated carbocycles. The molecule has 1 aromatic carbocycles. The Morgan fingerprint density at radius 1 is 1.38 bits per heavy atom. The Morgan fingerprint density at radius 3 is 2.50 bits per heavy atom. The lowest BCUT2D eigenvalue weighted by Gasteiger charge is -2.10. The zero-order valence-corrected chi connectivity index (χ0v) is 9.69. The zero-order valence-electron chi connectivity index (χ0n) is 9.69. The number of hydrogen-bond donors (Lipinski definition) is 1. The molecular weight excluding hydrogens is 202 g/mol. The van der Waals surface area contributed by atoms with Gasteiger partial charge in [0.25, 0.3) is 0 Å². The van der Waals surface area contributed by atoms with Gasteiger partial charge in [-0.3, -0.25) is 4.79 Å². The fourth-order valence-electron chi connectivity index (χ4n) is 1.54. The van der Waals surface area contributed by atoms with Crippen LogP contribution in [0.15, 0.2) is 24.3 Å². The minimum absolute atomic E-state index is 0.0287. The van der Waals surface area contributed by atoms with Gasteiger partial charge in [0, 0.05) is 19.4 Å². The second-order valence-electron chi connectivity index (χ2n) is 3.87. The third kappa shape index (κ3) is 3.50. The monoisotopic (exact) mass is 219 g/mol. The van der Waals surface area contributed by atoms with Crippen LogP contribution in [0, 0.1) is 6.92 Å². The maximum atomic E-state index is 11.1. The van der Waals surface area contributed by atoms with Gasteiger partial charge in [0.2, 0.25) is 5.91 Å². The van der Waals surface area contributed by atoms with Crippen molar-refractivity contribution >= 4 is 12.2 Å². The van der Waals surface area contributed by atoms with Crippen molar-refractivity contribution in [2.75, 3.05) is 7.05 Å². The van der Waals surface area contributed by atoms with Crippen molar-refractivity contribution in [2.45, 2.75) is 25.7 Å². The predicted octanol–water partition coefficient (Wildman–Crippen LogP) is 1.80. The molecule has 1 unspecified atom stereocenters. The summed E-state index contributed by atoms with van der Waals surface area (Å²) in [5.41, 5.74) is 2.14. The van der Waals surface area contributed by atoms with E-state index in [0.29, 0.717) is 12.8 Å². The van der Waals surface area contributed by atoms with Crippen LogP contribution in [0.1, 0.15) is 29.9 Å². The van der Waals surface area contributed by atoms with Crippen molar-refractivity contribution in [3.05, 3.63) is 35.4 Å². The van der Waals surface area contributed by atoms with Crippen LogP contribution in [0.25, 0.3) is 0 Å².